The Morgan fingerprint density at radius 1 is 1.43 bits per heavy atom. The molecule has 0 aliphatic heterocycles. The lowest BCUT2D eigenvalue weighted by Crippen LogP contribution is -2.07. The lowest BCUT2D eigenvalue weighted by atomic mass is 10.2. The standard InChI is InChI=1S/C12H12BrNO6S/c1-3-20-11(15)6-21-10-5-8(13)7(12(16)19-2)4-9(10)14(17)18/h4-5H,3,6H2,1-2H3. The third-order valence-corrected chi connectivity index (χ3v) is 3.98. The molecule has 0 spiro atoms. The van der Waals surface area contributed by atoms with Crippen LogP contribution in [0.2, 0.25) is 0 Å². The van der Waals surface area contributed by atoms with Gasteiger partial charge in [-0.2, -0.15) is 0 Å². The summed E-state index contributed by atoms with van der Waals surface area (Å²) in [5, 5.41) is 11.1. The minimum Gasteiger partial charge on any atom is -0.465 e. The molecule has 7 nitrogen and oxygen atoms in total. The van der Waals surface area contributed by atoms with E-state index in [-0.39, 0.29) is 28.5 Å². The van der Waals surface area contributed by atoms with Crippen LogP contribution < -0.4 is 0 Å². The maximum absolute atomic E-state index is 11.5. The molecule has 21 heavy (non-hydrogen) atoms. The van der Waals surface area contributed by atoms with E-state index in [1.807, 2.05) is 0 Å². The van der Waals surface area contributed by atoms with Crippen molar-refractivity contribution in [2.24, 2.45) is 0 Å². The van der Waals surface area contributed by atoms with E-state index in [4.69, 9.17) is 4.74 Å². The van der Waals surface area contributed by atoms with E-state index in [0.29, 0.717) is 4.47 Å². The number of methoxy groups -OCH3 is 1. The molecule has 0 saturated heterocycles. The fraction of sp³-hybridized carbons (Fsp3) is 0.333. The third kappa shape index (κ3) is 4.71. The monoisotopic (exact) mass is 377 g/mol. The van der Waals surface area contributed by atoms with E-state index in [1.165, 1.54) is 13.2 Å². The van der Waals surface area contributed by atoms with Crippen molar-refractivity contribution >= 4 is 45.3 Å². The molecule has 0 fully saturated rings. The van der Waals surface area contributed by atoms with E-state index < -0.39 is 16.9 Å². The van der Waals surface area contributed by atoms with Crippen molar-refractivity contribution in [2.45, 2.75) is 11.8 Å². The van der Waals surface area contributed by atoms with Gasteiger partial charge in [0.1, 0.15) is 0 Å². The summed E-state index contributed by atoms with van der Waals surface area (Å²) in [6.45, 7) is 1.92. The third-order valence-electron chi connectivity index (χ3n) is 2.30. The number of rotatable bonds is 6. The topological polar surface area (TPSA) is 95.7 Å². The van der Waals surface area contributed by atoms with Gasteiger partial charge in [0, 0.05) is 10.5 Å². The van der Waals surface area contributed by atoms with Gasteiger partial charge in [0.15, 0.2) is 0 Å². The zero-order chi connectivity index (χ0) is 16.0. The van der Waals surface area contributed by atoms with Crippen molar-refractivity contribution in [1.82, 2.24) is 0 Å². The fourth-order valence-electron chi connectivity index (χ4n) is 1.41. The molecule has 1 aromatic carbocycles. The number of esters is 2. The highest BCUT2D eigenvalue weighted by molar-refractivity contribution is 9.10. The number of thioether (sulfide) groups is 1. The molecule has 0 amide bonds. The highest BCUT2D eigenvalue weighted by atomic mass is 79.9. The Kier molecular flexibility index (Phi) is 6.63. The Morgan fingerprint density at radius 2 is 2.10 bits per heavy atom. The lowest BCUT2D eigenvalue weighted by molar-refractivity contribution is -0.387. The van der Waals surface area contributed by atoms with Crippen molar-refractivity contribution in [3.63, 3.8) is 0 Å². The highest BCUT2D eigenvalue weighted by Gasteiger charge is 2.22. The molecule has 0 heterocycles. The Bertz CT molecular complexity index is 577. The minimum absolute atomic E-state index is 0.0460. The van der Waals surface area contributed by atoms with Crippen LogP contribution in [0.15, 0.2) is 21.5 Å². The molecule has 0 aliphatic rings. The van der Waals surface area contributed by atoms with Crippen LogP contribution in [0.3, 0.4) is 0 Å². The van der Waals surface area contributed by atoms with E-state index in [2.05, 4.69) is 20.7 Å². The largest absolute Gasteiger partial charge is 0.465 e. The smallest absolute Gasteiger partial charge is 0.339 e. The molecule has 0 bridgehead atoms. The highest BCUT2D eigenvalue weighted by Crippen LogP contribution is 2.34. The molecule has 0 atom stereocenters. The molecule has 0 aliphatic carbocycles. The van der Waals surface area contributed by atoms with Crippen LogP contribution in [0.4, 0.5) is 5.69 Å². The van der Waals surface area contributed by atoms with Crippen LogP contribution in [0.25, 0.3) is 0 Å². The van der Waals surface area contributed by atoms with Crippen LogP contribution in [0.1, 0.15) is 17.3 Å². The van der Waals surface area contributed by atoms with Crippen molar-refractivity contribution < 1.29 is 24.0 Å². The Labute approximate surface area is 133 Å². The normalized spacial score (nSPS) is 10.0. The molecule has 114 valence electrons. The number of nitro groups is 1. The summed E-state index contributed by atoms with van der Waals surface area (Å²) < 4.78 is 9.66. The predicted molar refractivity (Wildman–Crippen MR) is 79.5 cm³/mol. The Hall–Kier alpha value is -1.61. The summed E-state index contributed by atoms with van der Waals surface area (Å²) >= 11 is 4.12. The molecule has 1 aromatic rings. The number of benzene rings is 1. The molecule has 1 rings (SSSR count). The van der Waals surface area contributed by atoms with Crippen molar-refractivity contribution in [3.8, 4) is 0 Å². The number of nitrogens with zero attached hydrogens (tertiary/aromatic N) is 1. The molecule has 9 heteroatoms. The zero-order valence-corrected chi connectivity index (χ0v) is 13.7. The average Bonchev–Trinajstić information content (AvgIpc) is 2.44. The van der Waals surface area contributed by atoms with Crippen LogP contribution in [-0.2, 0) is 14.3 Å². The zero-order valence-electron chi connectivity index (χ0n) is 11.3. The van der Waals surface area contributed by atoms with Gasteiger partial charge >= 0.3 is 11.9 Å². The number of carbonyl (C=O) groups is 2. The van der Waals surface area contributed by atoms with Crippen molar-refractivity contribution in [3.05, 3.63) is 32.3 Å². The van der Waals surface area contributed by atoms with Crippen LogP contribution >= 0.6 is 27.7 Å². The first-order valence-corrected chi connectivity index (χ1v) is 7.53. The summed E-state index contributed by atoms with van der Waals surface area (Å²) in [5.74, 6) is -1.21. The fourth-order valence-corrected chi connectivity index (χ4v) is 2.90. The lowest BCUT2D eigenvalue weighted by Gasteiger charge is -2.07. The molecule has 0 unspecified atom stereocenters. The summed E-state index contributed by atoms with van der Waals surface area (Å²) in [5.41, 5.74) is -0.224. The predicted octanol–water partition coefficient (Wildman–Crippen LogP) is 2.80. The first-order valence-electron chi connectivity index (χ1n) is 5.75. The molecule has 0 radical (unpaired) electrons. The van der Waals surface area contributed by atoms with E-state index in [0.717, 1.165) is 17.8 Å². The van der Waals surface area contributed by atoms with Crippen molar-refractivity contribution in [2.75, 3.05) is 19.5 Å². The van der Waals surface area contributed by atoms with Gasteiger partial charge in [0.2, 0.25) is 0 Å². The molecular formula is C12H12BrNO6S. The van der Waals surface area contributed by atoms with Gasteiger partial charge in [-0.25, -0.2) is 4.79 Å². The first-order chi connectivity index (χ1) is 9.90. The molecular weight excluding hydrogens is 366 g/mol. The van der Waals surface area contributed by atoms with Gasteiger partial charge in [-0.1, -0.05) is 0 Å². The number of nitro benzene ring substituents is 1. The summed E-state index contributed by atoms with van der Waals surface area (Å²) in [6, 6.07) is 2.53. The van der Waals surface area contributed by atoms with Gasteiger partial charge in [-0.05, 0) is 28.9 Å². The first kappa shape index (κ1) is 17.4. The quantitative estimate of drug-likeness (QED) is 0.325. The van der Waals surface area contributed by atoms with Crippen LogP contribution in [0, 0.1) is 10.1 Å². The van der Waals surface area contributed by atoms with E-state index in [1.54, 1.807) is 6.92 Å². The SMILES string of the molecule is CCOC(=O)CSc1cc(Br)c(C(=O)OC)cc1[N+](=O)[O-]. The van der Waals surface area contributed by atoms with Crippen LogP contribution in [0.5, 0.6) is 0 Å². The second-order valence-electron chi connectivity index (χ2n) is 3.64. The maximum atomic E-state index is 11.5. The minimum atomic E-state index is -0.688. The van der Waals surface area contributed by atoms with E-state index >= 15 is 0 Å². The molecule has 0 aromatic heterocycles. The number of ether oxygens (including phenoxy) is 2. The Morgan fingerprint density at radius 3 is 2.62 bits per heavy atom. The molecule has 0 saturated carbocycles. The Balaban J connectivity index is 3.08. The average molecular weight is 378 g/mol. The van der Waals surface area contributed by atoms with Crippen LogP contribution in [-0.4, -0.2) is 36.3 Å². The van der Waals surface area contributed by atoms with Gasteiger partial charge in [0.25, 0.3) is 5.69 Å². The summed E-state index contributed by atoms with van der Waals surface area (Å²) in [6.07, 6.45) is 0. The number of hydrogen-bond acceptors (Lipinski definition) is 7. The van der Waals surface area contributed by atoms with E-state index in [9.17, 15) is 19.7 Å². The van der Waals surface area contributed by atoms with Gasteiger partial charge in [0.05, 0.1) is 34.9 Å². The number of halogens is 1. The maximum Gasteiger partial charge on any atom is 0.339 e. The molecule has 0 N–H and O–H groups in total. The van der Waals surface area contributed by atoms with Gasteiger partial charge < -0.3 is 9.47 Å². The second kappa shape index (κ2) is 7.99. The van der Waals surface area contributed by atoms with Gasteiger partial charge in [-0.15, -0.1) is 11.8 Å². The second-order valence-corrected chi connectivity index (χ2v) is 5.51. The summed E-state index contributed by atoms with van der Waals surface area (Å²) in [7, 11) is 1.18. The van der Waals surface area contributed by atoms with Crippen molar-refractivity contribution in [1.29, 1.82) is 0 Å². The summed E-state index contributed by atoms with van der Waals surface area (Å²) in [4.78, 5) is 33.5. The number of hydrogen-bond donors (Lipinski definition) is 0. The van der Waals surface area contributed by atoms with Gasteiger partial charge in [-0.3, -0.25) is 14.9 Å². The number of carbonyl (C=O) groups excluding carboxylic acids is 2.